The van der Waals surface area contributed by atoms with Gasteiger partial charge < -0.3 is 5.32 Å². The van der Waals surface area contributed by atoms with Gasteiger partial charge in [-0.1, -0.05) is 63.2 Å². The van der Waals surface area contributed by atoms with Crippen LogP contribution in [0.3, 0.4) is 0 Å². The first-order valence-corrected chi connectivity index (χ1v) is 7.13. The minimum absolute atomic E-state index is 0.230. The van der Waals surface area contributed by atoms with E-state index >= 15 is 0 Å². The van der Waals surface area contributed by atoms with Gasteiger partial charge in [-0.05, 0) is 11.8 Å². The van der Waals surface area contributed by atoms with Gasteiger partial charge in [-0.3, -0.25) is 0 Å². The van der Waals surface area contributed by atoms with Crippen LogP contribution in [0.4, 0.5) is 5.69 Å². The SMILES string of the molecule is CCCCCC(C)(C)CNc1cc(Cl)nnc1Cl. The van der Waals surface area contributed by atoms with E-state index in [-0.39, 0.29) is 5.41 Å². The van der Waals surface area contributed by atoms with Gasteiger partial charge in [0.1, 0.15) is 0 Å². The van der Waals surface area contributed by atoms with Crippen molar-refractivity contribution in [3.05, 3.63) is 16.4 Å². The average Bonchev–Trinajstić information content (AvgIpc) is 2.31. The zero-order chi connectivity index (χ0) is 13.6. The van der Waals surface area contributed by atoms with Crippen molar-refractivity contribution in [2.45, 2.75) is 46.5 Å². The highest BCUT2D eigenvalue weighted by Gasteiger charge is 2.17. The Bertz CT molecular complexity index is 380. The lowest BCUT2D eigenvalue weighted by Gasteiger charge is -2.25. The maximum Gasteiger partial charge on any atom is 0.174 e. The lowest BCUT2D eigenvalue weighted by atomic mass is 9.87. The summed E-state index contributed by atoms with van der Waals surface area (Å²) < 4.78 is 0. The maximum absolute atomic E-state index is 5.96. The Morgan fingerprint density at radius 3 is 2.61 bits per heavy atom. The fourth-order valence-corrected chi connectivity index (χ4v) is 2.06. The van der Waals surface area contributed by atoms with E-state index in [0.29, 0.717) is 10.3 Å². The molecule has 0 bridgehead atoms. The summed E-state index contributed by atoms with van der Waals surface area (Å²) in [6, 6.07) is 1.71. The smallest absolute Gasteiger partial charge is 0.174 e. The quantitative estimate of drug-likeness (QED) is 0.733. The van der Waals surface area contributed by atoms with E-state index in [1.807, 2.05) is 0 Å². The number of anilines is 1. The monoisotopic (exact) mass is 289 g/mol. The van der Waals surface area contributed by atoms with Crippen LogP contribution in [0.15, 0.2) is 6.07 Å². The molecule has 0 unspecified atom stereocenters. The van der Waals surface area contributed by atoms with Crippen LogP contribution in [-0.4, -0.2) is 16.7 Å². The summed E-state index contributed by atoms with van der Waals surface area (Å²) in [6.45, 7) is 7.56. The zero-order valence-corrected chi connectivity index (χ0v) is 12.8. The van der Waals surface area contributed by atoms with Gasteiger partial charge in [0.25, 0.3) is 0 Å². The molecule has 0 aliphatic rings. The highest BCUT2D eigenvalue weighted by Crippen LogP contribution is 2.27. The summed E-state index contributed by atoms with van der Waals surface area (Å²) >= 11 is 11.8. The Balaban J connectivity index is 2.50. The number of hydrogen-bond acceptors (Lipinski definition) is 3. The Labute approximate surface area is 119 Å². The van der Waals surface area contributed by atoms with E-state index in [2.05, 4.69) is 36.3 Å². The van der Waals surface area contributed by atoms with E-state index < -0.39 is 0 Å². The van der Waals surface area contributed by atoms with Crippen LogP contribution in [0.25, 0.3) is 0 Å². The first kappa shape index (κ1) is 15.5. The number of rotatable bonds is 7. The van der Waals surface area contributed by atoms with Crippen LogP contribution in [0.1, 0.15) is 46.5 Å². The molecule has 0 aliphatic carbocycles. The summed E-state index contributed by atoms with van der Waals surface area (Å²) in [4.78, 5) is 0. The molecule has 0 saturated heterocycles. The van der Waals surface area contributed by atoms with E-state index in [9.17, 15) is 0 Å². The van der Waals surface area contributed by atoms with Gasteiger partial charge in [-0.15, -0.1) is 10.2 Å². The second-order valence-corrected chi connectivity index (χ2v) is 6.09. The minimum atomic E-state index is 0.230. The maximum atomic E-state index is 5.96. The molecule has 102 valence electrons. The average molecular weight is 290 g/mol. The molecule has 1 aromatic heterocycles. The number of hydrogen-bond donors (Lipinski definition) is 1. The molecule has 1 heterocycles. The van der Waals surface area contributed by atoms with Gasteiger partial charge in [0.15, 0.2) is 10.3 Å². The Morgan fingerprint density at radius 2 is 1.94 bits per heavy atom. The Hall–Kier alpha value is -0.540. The molecular weight excluding hydrogens is 269 g/mol. The van der Waals surface area contributed by atoms with Crippen LogP contribution in [0.5, 0.6) is 0 Å². The predicted molar refractivity (Wildman–Crippen MR) is 78.5 cm³/mol. The highest BCUT2D eigenvalue weighted by molar-refractivity contribution is 6.33. The first-order chi connectivity index (χ1) is 8.44. The summed E-state index contributed by atoms with van der Waals surface area (Å²) in [5.41, 5.74) is 0.981. The second kappa shape index (κ2) is 7.15. The third kappa shape index (κ3) is 5.40. The summed E-state index contributed by atoms with van der Waals surface area (Å²) in [6.07, 6.45) is 4.98. The van der Waals surface area contributed by atoms with Gasteiger partial charge in [0, 0.05) is 12.6 Å². The number of halogens is 2. The van der Waals surface area contributed by atoms with Crippen molar-refractivity contribution in [1.29, 1.82) is 0 Å². The molecule has 5 heteroatoms. The van der Waals surface area contributed by atoms with Crippen molar-refractivity contribution in [2.24, 2.45) is 5.41 Å². The van der Waals surface area contributed by atoms with Crippen molar-refractivity contribution in [2.75, 3.05) is 11.9 Å². The lowest BCUT2D eigenvalue weighted by Crippen LogP contribution is -2.23. The number of aromatic nitrogens is 2. The molecule has 18 heavy (non-hydrogen) atoms. The Morgan fingerprint density at radius 1 is 1.22 bits per heavy atom. The summed E-state index contributed by atoms with van der Waals surface area (Å²) in [5, 5.41) is 11.5. The molecule has 0 fully saturated rings. The fraction of sp³-hybridized carbons (Fsp3) is 0.692. The van der Waals surface area contributed by atoms with Gasteiger partial charge in [-0.2, -0.15) is 0 Å². The summed E-state index contributed by atoms with van der Waals surface area (Å²) in [7, 11) is 0. The van der Waals surface area contributed by atoms with E-state index in [0.717, 1.165) is 12.2 Å². The van der Waals surface area contributed by atoms with E-state index in [1.54, 1.807) is 6.07 Å². The third-order valence-corrected chi connectivity index (χ3v) is 3.40. The predicted octanol–water partition coefficient (Wildman–Crippen LogP) is 4.80. The fourth-order valence-electron chi connectivity index (χ4n) is 1.75. The molecule has 0 aliphatic heterocycles. The molecule has 0 spiro atoms. The molecule has 1 N–H and O–H groups in total. The van der Waals surface area contributed by atoms with Crippen molar-refractivity contribution < 1.29 is 0 Å². The second-order valence-electron chi connectivity index (χ2n) is 5.35. The van der Waals surface area contributed by atoms with Gasteiger partial charge >= 0.3 is 0 Å². The van der Waals surface area contributed by atoms with Gasteiger partial charge in [0.05, 0.1) is 5.69 Å². The topological polar surface area (TPSA) is 37.8 Å². The van der Waals surface area contributed by atoms with Gasteiger partial charge in [0.2, 0.25) is 0 Å². The van der Waals surface area contributed by atoms with Crippen molar-refractivity contribution in [1.82, 2.24) is 10.2 Å². The molecule has 3 nitrogen and oxygen atoms in total. The van der Waals surface area contributed by atoms with Crippen LogP contribution >= 0.6 is 23.2 Å². The molecule has 0 saturated carbocycles. The molecule has 0 amide bonds. The van der Waals surface area contributed by atoms with Gasteiger partial charge in [-0.25, -0.2) is 0 Å². The largest absolute Gasteiger partial charge is 0.382 e. The van der Waals surface area contributed by atoms with Crippen molar-refractivity contribution in [3.8, 4) is 0 Å². The van der Waals surface area contributed by atoms with E-state index in [1.165, 1.54) is 25.7 Å². The van der Waals surface area contributed by atoms with Crippen molar-refractivity contribution in [3.63, 3.8) is 0 Å². The number of unbranched alkanes of at least 4 members (excludes halogenated alkanes) is 2. The van der Waals surface area contributed by atoms with Crippen LogP contribution < -0.4 is 5.32 Å². The number of nitrogens with zero attached hydrogens (tertiary/aromatic N) is 2. The molecule has 0 atom stereocenters. The van der Waals surface area contributed by atoms with Crippen LogP contribution in [-0.2, 0) is 0 Å². The zero-order valence-electron chi connectivity index (χ0n) is 11.3. The van der Waals surface area contributed by atoms with Crippen molar-refractivity contribution >= 4 is 28.9 Å². The molecule has 0 aromatic carbocycles. The first-order valence-electron chi connectivity index (χ1n) is 6.37. The van der Waals surface area contributed by atoms with Crippen LogP contribution in [0.2, 0.25) is 10.3 Å². The van der Waals surface area contributed by atoms with Crippen LogP contribution in [0, 0.1) is 5.41 Å². The molecule has 1 aromatic rings. The Kier molecular flexibility index (Phi) is 6.16. The molecular formula is C13H21Cl2N3. The lowest BCUT2D eigenvalue weighted by molar-refractivity contribution is 0.342. The van der Waals surface area contributed by atoms with E-state index in [4.69, 9.17) is 23.2 Å². The highest BCUT2D eigenvalue weighted by atomic mass is 35.5. The molecule has 0 radical (unpaired) electrons. The standard InChI is InChI=1S/C13H21Cl2N3/c1-4-5-6-7-13(2,3)9-16-10-8-11(14)17-18-12(10)15/h8H,4-7,9H2,1-3H3,(H,16,17). The third-order valence-electron chi connectivity index (χ3n) is 2.93. The molecule has 1 rings (SSSR count). The summed E-state index contributed by atoms with van der Waals surface area (Å²) in [5.74, 6) is 0. The number of nitrogens with one attached hydrogen (secondary N) is 1. The minimum Gasteiger partial charge on any atom is -0.382 e. The normalized spacial score (nSPS) is 11.6.